The number of hydrogen-bond donors (Lipinski definition) is 2. The highest BCUT2D eigenvalue weighted by Gasteiger charge is 2.15. The molecule has 10 heteroatoms. The van der Waals surface area contributed by atoms with Crippen molar-refractivity contribution in [3.63, 3.8) is 0 Å². The number of nitrogens with zero attached hydrogens (tertiary/aromatic N) is 1. The second-order valence-electron chi connectivity index (χ2n) is 7.34. The fourth-order valence-electron chi connectivity index (χ4n) is 3.22. The Morgan fingerprint density at radius 2 is 1.85 bits per heavy atom. The first-order valence-corrected chi connectivity index (χ1v) is 10.9. The van der Waals surface area contributed by atoms with Crippen molar-refractivity contribution in [1.29, 1.82) is 0 Å². The minimum atomic E-state index is -0.545. The molecule has 0 atom stereocenters. The maximum atomic E-state index is 12.6. The number of furan rings is 1. The fraction of sp³-hybridized carbons (Fsp3) is 0.0833. The van der Waals surface area contributed by atoms with Crippen LogP contribution in [0.5, 0.6) is 5.75 Å². The first-order valence-electron chi connectivity index (χ1n) is 10.1. The number of rotatable bonds is 7. The molecule has 0 unspecified atom stereocenters. The Labute approximate surface area is 202 Å². The van der Waals surface area contributed by atoms with E-state index in [0.717, 1.165) is 10.9 Å². The predicted octanol–water partition coefficient (Wildman–Crippen LogP) is 5.68. The van der Waals surface area contributed by atoms with Crippen molar-refractivity contribution in [3.8, 4) is 5.75 Å². The molecule has 4 rings (SSSR count). The lowest BCUT2D eigenvalue weighted by Crippen LogP contribution is -2.20. The first-order chi connectivity index (χ1) is 16.3. The van der Waals surface area contributed by atoms with Crippen LogP contribution in [-0.4, -0.2) is 23.3 Å². The maximum absolute atomic E-state index is 12.6. The molecule has 9 nitrogen and oxygen atoms in total. The number of ether oxygens (including phenoxy) is 1. The van der Waals surface area contributed by atoms with Gasteiger partial charge in [-0.2, -0.15) is 0 Å². The molecule has 172 valence electrons. The van der Waals surface area contributed by atoms with Gasteiger partial charge in [-0.15, -0.1) is 0 Å². The molecular weight excluding hydrogens is 506 g/mol. The Kier molecular flexibility index (Phi) is 6.60. The van der Waals surface area contributed by atoms with E-state index in [9.17, 15) is 19.7 Å². The van der Waals surface area contributed by atoms with Crippen LogP contribution in [0.3, 0.4) is 0 Å². The van der Waals surface area contributed by atoms with Crippen molar-refractivity contribution < 1.29 is 23.7 Å². The SMILES string of the molecule is Cc1cc(NC(=O)COc2cc([N+](=O)[O-])ccc2Br)ccc1NC(=O)c1cc2ccccc2o1. The van der Waals surface area contributed by atoms with Gasteiger partial charge in [0.25, 0.3) is 17.5 Å². The average Bonchev–Trinajstić information content (AvgIpc) is 3.25. The Bertz CT molecular complexity index is 1380. The van der Waals surface area contributed by atoms with Gasteiger partial charge in [-0.1, -0.05) is 18.2 Å². The lowest BCUT2D eigenvalue weighted by molar-refractivity contribution is -0.385. The molecule has 2 N–H and O–H groups in total. The number of benzene rings is 3. The molecule has 34 heavy (non-hydrogen) atoms. The summed E-state index contributed by atoms with van der Waals surface area (Å²) in [6.45, 7) is 1.45. The fourth-order valence-corrected chi connectivity index (χ4v) is 3.58. The summed E-state index contributed by atoms with van der Waals surface area (Å²) in [7, 11) is 0. The number of nitrogens with one attached hydrogen (secondary N) is 2. The smallest absolute Gasteiger partial charge is 0.291 e. The van der Waals surface area contributed by atoms with E-state index in [1.54, 1.807) is 37.3 Å². The summed E-state index contributed by atoms with van der Waals surface area (Å²) in [6.07, 6.45) is 0. The van der Waals surface area contributed by atoms with Crippen molar-refractivity contribution in [2.45, 2.75) is 6.92 Å². The number of aryl methyl sites for hydroxylation is 1. The van der Waals surface area contributed by atoms with E-state index in [1.807, 2.05) is 18.2 Å². The Hall–Kier alpha value is -4.18. The molecule has 0 aliphatic rings. The minimum Gasteiger partial charge on any atom is -0.482 e. The van der Waals surface area contributed by atoms with Gasteiger partial charge in [0, 0.05) is 22.8 Å². The summed E-state index contributed by atoms with van der Waals surface area (Å²) in [5.41, 5.74) is 2.28. The number of fused-ring (bicyclic) bond motifs is 1. The van der Waals surface area contributed by atoms with Crippen LogP contribution in [0.25, 0.3) is 11.0 Å². The van der Waals surface area contributed by atoms with Gasteiger partial charge in [0.05, 0.1) is 15.5 Å². The van der Waals surface area contributed by atoms with Gasteiger partial charge in [0.1, 0.15) is 11.3 Å². The van der Waals surface area contributed by atoms with Crippen LogP contribution in [0.2, 0.25) is 0 Å². The van der Waals surface area contributed by atoms with E-state index >= 15 is 0 Å². The van der Waals surface area contributed by atoms with Gasteiger partial charge in [0.2, 0.25) is 0 Å². The van der Waals surface area contributed by atoms with Crippen molar-refractivity contribution in [3.05, 3.63) is 92.6 Å². The third-order valence-corrected chi connectivity index (χ3v) is 5.55. The number of anilines is 2. The number of halogens is 1. The van der Waals surface area contributed by atoms with Crippen molar-refractivity contribution in [2.24, 2.45) is 0 Å². The molecule has 0 fully saturated rings. The van der Waals surface area contributed by atoms with Crippen LogP contribution >= 0.6 is 15.9 Å². The highest BCUT2D eigenvalue weighted by Crippen LogP contribution is 2.29. The van der Waals surface area contributed by atoms with Gasteiger partial charge in [0.15, 0.2) is 12.4 Å². The highest BCUT2D eigenvalue weighted by molar-refractivity contribution is 9.10. The summed E-state index contributed by atoms with van der Waals surface area (Å²) in [5, 5.41) is 17.3. The number of nitro groups is 1. The van der Waals surface area contributed by atoms with Crippen LogP contribution in [-0.2, 0) is 4.79 Å². The van der Waals surface area contributed by atoms with Crippen LogP contribution in [0, 0.1) is 17.0 Å². The molecule has 0 saturated carbocycles. The Morgan fingerprint density at radius 1 is 1.06 bits per heavy atom. The van der Waals surface area contributed by atoms with Gasteiger partial charge < -0.3 is 19.8 Å². The molecule has 0 bridgehead atoms. The van der Waals surface area contributed by atoms with E-state index in [-0.39, 0.29) is 29.7 Å². The molecule has 0 radical (unpaired) electrons. The molecule has 1 heterocycles. The number of amides is 2. The molecule has 0 aliphatic carbocycles. The summed E-state index contributed by atoms with van der Waals surface area (Å²) >= 11 is 3.24. The zero-order valence-corrected chi connectivity index (χ0v) is 19.4. The summed E-state index contributed by atoms with van der Waals surface area (Å²) in [6, 6.07) is 18.1. The molecule has 0 spiro atoms. The number of carbonyl (C=O) groups excluding carboxylic acids is 2. The molecule has 4 aromatic rings. The van der Waals surface area contributed by atoms with Gasteiger partial charge in [-0.3, -0.25) is 19.7 Å². The van der Waals surface area contributed by atoms with Crippen LogP contribution in [0.15, 0.2) is 75.6 Å². The third kappa shape index (κ3) is 5.24. The normalized spacial score (nSPS) is 10.6. The number of carbonyl (C=O) groups is 2. The standard InChI is InChI=1S/C24H18BrN3O6/c1-14-10-16(26-23(29)13-33-21-12-17(28(31)32)7-8-18(21)25)6-9-19(14)27-24(30)22-11-15-4-2-3-5-20(15)34-22/h2-12H,13H2,1H3,(H,26,29)(H,27,30). The second-order valence-corrected chi connectivity index (χ2v) is 8.20. The third-order valence-electron chi connectivity index (χ3n) is 4.89. The number of nitro benzene ring substituents is 1. The topological polar surface area (TPSA) is 124 Å². The molecule has 0 saturated heterocycles. The molecule has 2 amide bonds. The summed E-state index contributed by atoms with van der Waals surface area (Å²) in [5.74, 6) is -0.449. The average molecular weight is 524 g/mol. The zero-order chi connectivity index (χ0) is 24.2. The lowest BCUT2D eigenvalue weighted by Gasteiger charge is -2.11. The van der Waals surface area contributed by atoms with Crippen molar-refractivity contribution >= 4 is 55.8 Å². The summed E-state index contributed by atoms with van der Waals surface area (Å²) < 4.78 is 11.5. The maximum Gasteiger partial charge on any atom is 0.291 e. The van der Waals surface area contributed by atoms with E-state index in [0.29, 0.717) is 21.4 Å². The summed E-state index contributed by atoms with van der Waals surface area (Å²) in [4.78, 5) is 35.2. The van der Waals surface area contributed by atoms with Crippen molar-refractivity contribution in [2.75, 3.05) is 17.2 Å². The number of non-ortho nitro benzene ring substituents is 1. The number of para-hydroxylation sites is 1. The van der Waals surface area contributed by atoms with Crippen LogP contribution in [0.4, 0.5) is 17.1 Å². The van der Waals surface area contributed by atoms with E-state index < -0.39 is 10.8 Å². The van der Waals surface area contributed by atoms with E-state index in [1.165, 1.54) is 18.2 Å². The molecule has 3 aromatic carbocycles. The van der Waals surface area contributed by atoms with E-state index in [4.69, 9.17) is 9.15 Å². The Balaban J connectivity index is 1.37. The number of hydrogen-bond acceptors (Lipinski definition) is 6. The van der Waals surface area contributed by atoms with Crippen molar-refractivity contribution in [1.82, 2.24) is 0 Å². The van der Waals surface area contributed by atoms with Crippen LogP contribution in [0.1, 0.15) is 16.1 Å². The van der Waals surface area contributed by atoms with E-state index in [2.05, 4.69) is 26.6 Å². The predicted molar refractivity (Wildman–Crippen MR) is 130 cm³/mol. The highest BCUT2D eigenvalue weighted by atomic mass is 79.9. The first kappa shape index (κ1) is 23.0. The lowest BCUT2D eigenvalue weighted by atomic mass is 10.1. The van der Waals surface area contributed by atoms with Gasteiger partial charge >= 0.3 is 0 Å². The largest absolute Gasteiger partial charge is 0.482 e. The van der Waals surface area contributed by atoms with Gasteiger partial charge in [-0.25, -0.2) is 0 Å². The molecular formula is C24H18BrN3O6. The van der Waals surface area contributed by atoms with Crippen LogP contribution < -0.4 is 15.4 Å². The zero-order valence-electron chi connectivity index (χ0n) is 17.8. The quantitative estimate of drug-likeness (QED) is 0.237. The van der Waals surface area contributed by atoms with Gasteiger partial charge in [-0.05, 0) is 64.8 Å². The minimum absolute atomic E-state index is 0.144. The monoisotopic (exact) mass is 523 g/mol. The molecule has 1 aromatic heterocycles. The molecule has 0 aliphatic heterocycles. The Morgan fingerprint density at radius 3 is 2.59 bits per heavy atom. The second kappa shape index (κ2) is 9.75.